The van der Waals surface area contributed by atoms with Crippen LogP contribution in [-0.4, -0.2) is 4.98 Å². The topological polar surface area (TPSA) is 31.4 Å². The molecule has 0 atom stereocenters. The van der Waals surface area contributed by atoms with E-state index in [0.29, 0.717) is 13.2 Å². The largest absolute Gasteiger partial charge is 0.489 e. The van der Waals surface area contributed by atoms with Crippen molar-refractivity contribution in [2.75, 3.05) is 0 Å². The summed E-state index contributed by atoms with van der Waals surface area (Å²) in [5.41, 5.74) is 3.98. The van der Waals surface area contributed by atoms with Gasteiger partial charge in [-0.1, -0.05) is 48.5 Å². The Labute approximate surface area is 159 Å². The second-order valence-corrected chi connectivity index (χ2v) is 6.44. The van der Waals surface area contributed by atoms with Gasteiger partial charge in [-0.2, -0.15) is 0 Å². The first-order valence-corrected chi connectivity index (χ1v) is 8.94. The number of hydrogen-bond donors (Lipinski definition) is 0. The van der Waals surface area contributed by atoms with Crippen molar-refractivity contribution in [1.82, 2.24) is 4.98 Å². The van der Waals surface area contributed by atoms with Crippen molar-refractivity contribution in [1.29, 1.82) is 0 Å². The molecule has 0 N–H and O–H groups in total. The van der Waals surface area contributed by atoms with Gasteiger partial charge in [0, 0.05) is 11.5 Å². The molecule has 0 aliphatic carbocycles. The second-order valence-electron chi connectivity index (χ2n) is 6.44. The van der Waals surface area contributed by atoms with Gasteiger partial charge in [0.1, 0.15) is 24.7 Å². The molecule has 3 aromatic carbocycles. The molecule has 0 unspecified atom stereocenters. The predicted molar refractivity (Wildman–Crippen MR) is 107 cm³/mol. The van der Waals surface area contributed by atoms with Crippen molar-refractivity contribution in [3.63, 3.8) is 0 Å². The van der Waals surface area contributed by atoms with Crippen LogP contribution in [0.25, 0.3) is 10.9 Å². The average molecular weight is 354 g/mol. The highest BCUT2D eigenvalue weighted by Gasteiger charge is 2.04. The molecule has 1 aromatic heterocycles. The maximum atomic E-state index is 5.96. The first-order valence-electron chi connectivity index (χ1n) is 8.94. The summed E-state index contributed by atoms with van der Waals surface area (Å²) >= 11 is 0. The quantitative estimate of drug-likeness (QED) is 0.458. The molecule has 133 valence electrons. The molecule has 0 bridgehead atoms. The highest BCUT2D eigenvalue weighted by molar-refractivity contribution is 5.78. The fourth-order valence-electron chi connectivity index (χ4n) is 2.91. The first kappa shape index (κ1) is 17.1. The molecule has 1 heterocycles. The van der Waals surface area contributed by atoms with Crippen LogP contribution in [0.3, 0.4) is 0 Å². The SMILES string of the molecule is Cc1cc(OCc2[c]cccc2)cc(OCc2ccc3ccccc3n2)c1. The molecule has 4 rings (SSSR count). The van der Waals surface area contributed by atoms with Gasteiger partial charge in [-0.3, -0.25) is 0 Å². The fraction of sp³-hybridized carbons (Fsp3) is 0.125. The van der Waals surface area contributed by atoms with Gasteiger partial charge in [0.05, 0.1) is 11.2 Å². The third-order valence-corrected chi connectivity index (χ3v) is 4.23. The lowest BCUT2D eigenvalue weighted by Crippen LogP contribution is -2.00. The van der Waals surface area contributed by atoms with E-state index < -0.39 is 0 Å². The van der Waals surface area contributed by atoms with Gasteiger partial charge >= 0.3 is 0 Å². The number of rotatable bonds is 6. The molecule has 1 radical (unpaired) electrons. The molecule has 0 amide bonds. The summed E-state index contributed by atoms with van der Waals surface area (Å²) in [7, 11) is 0. The molecular weight excluding hydrogens is 334 g/mol. The van der Waals surface area contributed by atoms with Crippen LogP contribution < -0.4 is 9.47 Å². The summed E-state index contributed by atoms with van der Waals surface area (Å²) < 4.78 is 11.9. The van der Waals surface area contributed by atoms with Crippen LogP contribution in [0.4, 0.5) is 0 Å². The van der Waals surface area contributed by atoms with Crippen LogP contribution in [0.5, 0.6) is 11.5 Å². The average Bonchev–Trinajstić information content (AvgIpc) is 2.71. The lowest BCUT2D eigenvalue weighted by atomic mass is 10.2. The van der Waals surface area contributed by atoms with Gasteiger partial charge in [0.25, 0.3) is 0 Å². The third-order valence-electron chi connectivity index (χ3n) is 4.23. The number of para-hydroxylation sites is 1. The molecule has 4 aromatic rings. The number of aryl methyl sites for hydroxylation is 1. The van der Waals surface area contributed by atoms with Gasteiger partial charge in [-0.15, -0.1) is 0 Å². The summed E-state index contributed by atoms with van der Waals surface area (Å²) in [6.45, 7) is 2.93. The van der Waals surface area contributed by atoms with Crippen LogP contribution >= 0.6 is 0 Å². The van der Waals surface area contributed by atoms with Gasteiger partial charge in [0.15, 0.2) is 0 Å². The van der Waals surface area contributed by atoms with Crippen LogP contribution in [-0.2, 0) is 13.2 Å². The monoisotopic (exact) mass is 354 g/mol. The molecule has 0 fully saturated rings. The van der Waals surface area contributed by atoms with Crippen molar-refractivity contribution in [2.24, 2.45) is 0 Å². The van der Waals surface area contributed by atoms with E-state index in [0.717, 1.165) is 39.2 Å². The number of pyridine rings is 1. The highest BCUT2D eigenvalue weighted by atomic mass is 16.5. The van der Waals surface area contributed by atoms with Crippen LogP contribution in [0, 0.1) is 13.0 Å². The van der Waals surface area contributed by atoms with Gasteiger partial charge in [-0.05, 0) is 48.4 Å². The van der Waals surface area contributed by atoms with Gasteiger partial charge in [0.2, 0.25) is 0 Å². The van der Waals surface area contributed by atoms with Crippen molar-refractivity contribution in [3.05, 3.63) is 102 Å². The number of aromatic nitrogens is 1. The van der Waals surface area contributed by atoms with Crippen molar-refractivity contribution in [2.45, 2.75) is 20.1 Å². The van der Waals surface area contributed by atoms with Crippen molar-refractivity contribution >= 4 is 10.9 Å². The predicted octanol–water partition coefficient (Wildman–Crippen LogP) is 5.50. The summed E-state index contributed by atoms with van der Waals surface area (Å²) in [5, 5.41) is 1.13. The normalized spacial score (nSPS) is 10.7. The summed E-state index contributed by atoms with van der Waals surface area (Å²) in [6.07, 6.45) is 0. The smallest absolute Gasteiger partial charge is 0.130 e. The molecule has 0 spiro atoms. The van der Waals surface area contributed by atoms with E-state index in [1.54, 1.807) is 0 Å². The summed E-state index contributed by atoms with van der Waals surface area (Å²) in [4.78, 5) is 4.65. The first-order chi connectivity index (χ1) is 13.3. The molecule has 3 nitrogen and oxygen atoms in total. The maximum absolute atomic E-state index is 5.96. The van der Waals surface area contributed by atoms with Crippen LogP contribution in [0.1, 0.15) is 16.8 Å². The zero-order valence-electron chi connectivity index (χ0n) is 15.2. The van der Waals surface area contributed by atoms with Crippen molar-refractivity contribution in [3.8, 4) is 11.5 Å². The minimum atomic E-state index is 0.417. The van der Waals surface area contributed by atoms with Crippen LogP contribution in [0.15, 0.2) is 78.9 Å². The number of nitrogens with zero attached hydrogens (tertiary/aromatic N) is 1. The zero-order valence-corrected chi connectivity index (χ0v) is 15.2. The van der Waals surface area contributed by atoms with E-state index in [-0.39, 0.29) is 0 Å². The Kier molecular flexibility index (Phi) is 5.01. The number of ether oxygens (including phenoxy) is 2. The molecular formula is C24H20NO2. The Hall–Kier alpha value is -3.33. The lowest BCUT2D eigenvalue weighted by molar-refractivity contribution is 0.287. The maximum Gasteiger partial charge on any atom is 0.130 e. The van der Waals surface area contributed by atoms with E-state index in [4.69, 9.17) is 9.47 Å². The number of benzene rings is 3. The molecule has 0 aliphatic heterocycles. The molecule has 0 saturated carbocycles. The Morgan fingerprint density at radius 3 is 2.41 bits per heavy atom. The van der Waals surface area contributed by atoms with Gasteiger partial charge < -0.3 is 9.47 Å². The standard InChI is InChI=1S/C24H20NO2/c1-18-13-22(26-16-19-7-3-2-4-8-19)15-23(14-18)27-17-21-12-11-20-9-5-6-10-24(20)25-21/h2-7,9-15H,16-17H2,1H3. The number of hydrogen-bond acceptors (Lipinski definition) is 3. The Balaban J connectivity index is 1.44. The lowest BCUT2D eigenvalue weighted by Gasteiger charge is -2.11. The molecule has 0 aliphatic rings. The van der Waals surface area contributed by atoms with E-state index in [1.165, 1.54) is 0 Å². The van der Waals surface area contributed by atoms with Crippen molar-refractivity contribution < 1.29 is 9.47 Å². The Morgan fingerprint density at radius 2 is 1.59 bits per heavy atom. The Morgan fingerprint density at radius 1 is 0.815 bits per heavy atom. The summed E-state index contributed by atoms with van der Waals surface area (Å²) in [5.74, 6) is 1.56. The minimum absolute atomic E-state index is 0.417. The number of fused-ring (bicyclic) bond motifs is 1. The van der Waals surface area contributed by atoms with Crippen LogP contribution in [0.2, 0.25) is 0 Å². The van der Waals surface area contributed by atoms with E-state index >= 15 is 0 Å². The molecule has 3 heteroatoms. The van der Waals surface area contributed by atoms with E-state index in [9.17, 15) is 0 Å². The fourth-order valence-corrected chi connectivity index (χ4v) is 2.91. The highest BCUT2D eigenvalue weighted by Crippen LogP contribution is 2.24. The Bertz CT molecular complexity index is 1040. The van der Waals surface area contributed by atoms with Gasteiger partial charge in [-0.25, -0.2) is 4.98 Å². The minimum Gasteiger partial charge on any atom is -0.489 e. The third kappa shape index (κ3) is 4.45. The van der Waals surface area contributed by atoms with E-state index in [2.05, 4.69) is 23.2 Å². The summed E-state index contributed by atoms with van der Waals surface area (Å²) in [6, 6.07) is 29.1. The molecule has 0 saturated heterocycles. The zero-order chi connectivity index (χ0) is 18.5. The molecule has 27 heavy (non-hydrogen) atoms. The van der Waals surface area contributed by atoms with E-state index in [1.807, 2.05) is 73.7 Å². The second kappa shape index (κ2) is 7.92.